The molecule has 1 aliphatic rings. The van der Waals surface area contributed by atoms with Crippen LogP contribution in [0.3, 0.4) is 0 Å². The highest BCUT2D eigenvalue weighted by Gasteiger charge is 2.24. The zero-order valence-electron chi connectivity index (χ0n) is 22.2. The summed E-state index contributed by atoms with van der Waals surface area (Å²) < 4.78 is 5.36. The van der Waals surface area contributed by atoms with Gasteiger partial charge in [0, 0.05) is 29.6 Å². The summed E-state index contributed by atoms with van der Waals surface area (Å²) in [6.07, 6.45) is 5.89. The molecule has 8 nitrogen and oxygen atoms in total. The van der Waals surface area contributed by atoms with Crippen molar-refractivity contribution < 1.29 is 19.1 Å². The number of benzene rings is 1. The van der Waals surface area contributed by atoms with Crippen molar-refractivity contribution in [2.24, 2.45) is 5.92 Å². The topological polar surface area (TPSA) is 104 Å². The number of H-pyrrole nitrogens is 1. The van der Waals surface area contributed by atoms with Crippen molar-refractivity contribution >= 4 is 28.5 Å². The second-order valence-corrected chi connectivity index (χ2v) is 10.2. The lowest BCUT2D eigenvalue weighted by molar-refractivity contribution is -0.129. The summed E-state index contributed by atoms with van der Waals surface area (Å²) in [6, 6.07) is 5.19. The van der Waals surface area contributed by atoms with Gasteiger partial charge in [0.2, 0.25) is 11.8 Å². The number of piperidine rings is 1. The average Bonchev–Trinajstić information content (AvgIpc) is 3.16. The first-order chi connectivity index (χ1) is 17.3. The molecule has 198 valence electrons. The molecule has 0 spiro atoms. The van der Waals surface area contributed by atoms with Gasteiger partial charge in [0.1, 0.15) is 17.6 Å². The first-order valence-corrected chi connectivity index (χ1v) is 13.2. The number of aromatic amines is 1. The summed E-state index contributed by atoms with van der Waals surface area (Å²) in [7, 11) is 3.75. The van der Waals surface area contributed by atoms with E-state index in [0.717, 1.165) is 73.1 Å². The van der Waals surface area contributed by atoms with E-state index in [-0.39, 0.29) is 24.0 Å². The number of methoxy groups -OCH3 is 1. The number of aromatic nitrogens is 1. The van der Waals surface area contributed by atoms with E-state index in [1.54, 1.807) is 14.0 Å². The maximum Gasteiger partial charge on any atom is 0.242 e. The molecule has 3 N–H and O–H groups in total. The summed E-state index contributed by atoms with van der Waals surface area (Å²) in [4.78, 5) is 43.1. The number of hydrogen-bond acceptors (Lipinski definition) is 5. The van der Waals surface area contributed by atoms with E-state index < -0.39 is 6.04 Å². The summed E-state index contributed by atoms with van der Waals surface area (Å²) >= 11 is 0. The number of ketones is 1. The molecule has 1 aromatic carbocycles. The van der Waals surface area contributed by atoms with E-state index in [2.05, 4.69) is 27.6 Å². The SMILES string of the molecule is COc1ccc2[nH]c(C)c(CC(=O)N[C@@H](CCCCCC(C)=O)C(=O)NCC3CCN(C)CC3)c2c1. The number of aryl methyl sites for hydroxylation is 1. The number of carbonyl (C=O) groups is 3. The third-order valence-electron chi connectivity index (χ3n) is 7.24. The van der Waals surface area contributed by atoms with Crippen molar-refractivity contribution in [3.8, 4) is 5.75 Å². The number of nitrogens with zero attached hydrogens (tertiary/aromatic N) is 1. The van der Waals surface area contributed by atoms with Crippen LogP contribution in [-0.2, 0) is 20.8 Å². The number of unbranched alkanes of at least 4 members (excludes halogenated alkanes) is 2. The molecule has 36 heavy (non-hydrogen) atoms. The second-order valence-electron chi connectivity index (χ2n) is 10.2. The van der Waals surface area contributed by atoms with E-state index >= 15 is 0 Å². The molecule has 8 heteroatoms. The zero-order chi connectivity index (χ0) is 26.1. The number of hydrogen-bond donors (Lipinski definition) is 3. The van der Waals surface area contributed by atoms with Gasteiger partial charge in [-0.25, -0.2) is 0 Å². The van der Waals surface area contributed by atoms with Crippen LogP contribution in [-0.4, -0.2) is 67.3 Å². The third kappa shape index (κ3) is 8.08. The van der Waals surface area contributed by atoms with Crippen LogP contribution in [0.25, 0.3) is 10.9 Å². The molecule has 2 heterocycles. The Morgan fingerprint density at radius 1 is 1.17 bits per heavy atom. The minimum atomic E-state index is -0.582. The molecule has 1 aliphatic heterocycles. The van der Waals surface area contributed by atoms with Gasteiger partial charge in [-0.05, 0) is 89.3 Å². The van der Waals surface area contributed by atoms with Gasteiger partial charge in [0.25, 0.3) is 0 Å². The molecule has 1 atom stereocenters. The van der Waals surface area contributed by atoms with E-state index in [0.29, 0.717) is 25.3 Å². The van der Waals surface area contributed by atoms with Crippen molar-refractivity contribution in [2.45, 2.75) is 71.3 Å². The quantitative estimate of drug-likeness (QED) is 0.367. The first kappa shape index (κ1) is 27.7. The highest BCUT2D eigenvalue weighted by atomic mass is 16.5. The van der Waals surface area contributed by atoms with Gasteiger partial charge in [-0.15, -0.1) is 0 Å². The standard InChI is InChI=1S/C28H42N4O4/c1-19(33)8-6-5-7-9-26(28(35)29-18-21-12-14-32(3)15-13-21)31-27(34)17-23-20(2)30-25-11-10-22(36-4)16-24(23)25/h10-11,16,21,26,30H,5-9,12-15,17-18H2,1-4H3,(H,29,35)(H,31,34)/t26-/m0/s1. The van der Waals surface area contributed by atoms with Crippen molar-refractivity contribution in [1.82, 2.24) is 20.5 Å². The number of fused-ring (bicyclic) bond motifs is 1. The van der Waals surface area contributed by atoms with Gasteiger partial charge in [-0.3, -0.25) is 9.59 Å². The molecular formula is C28H42N4O4. The van der Waals surface area contributed by atoms with Gasteiger partial charge in [0.05, 0.1) is 13.5 Å². The first-order valence-electron chi connectivity index (χ1n) is 13.2. The Hall–Kier alpha value is -2.87. The molecule has 3 rings (SSSR count). The molecule has 2 aromatic rings. The Bertz CT molecular complexity index is 1040. The van der Waals surface area contributed by atoms with Crippen molar-refractivity contribution in [2.75, 3.05) is 33.8 Å². The molecular weight excluding hydrogens is 456 g/mol. The zero-order valence-corrected chi connectivity index (χ0v) is 22.2. The minimum absolute atomic E-state index is 0.119. The van der Waals surface area contributed by atoms with Crippen LogP contribution < -0.4 is 15.4 Å². The number of rotatable bonds is 13. The molecule has 1 saturated heterocycles. The molecule has 0 radical (unpaired) electrons. The van der Waals surface area contributed by atoms with E-state index in [1.807, 2.05) is 25.1 Å². The number of carbonyl (C=O) groups excluding carboxylic acids is 3. The lowest BCUT2D eigenvalue weighted by Crippen LogP contribution is -2.48. The number of nitrogens with one attached hydrogen (secondary N) is 3. The van der Waals surface area contributed by atoms with E-state index in [9.17, 15) is 14.4 Å². The maximum absolute atomic E-state index is 13.1. The largest absolute Gasteiger partial charge is 0.497 e. The highest BCUT2D eigenvalue weighted by Crippen LogP contribution is 2.27. The van der Waals surface area contributed by atoms with Crippen molar-refractivity contribution in [1.29, 1.82) is 0 Å². The summed E-state index contributed by atoms with van der Waals surface area (Å²) in [6.45, 7) is 6.29. The minimum Gasteiger partial charge on any atom is -0.497 e. The Morgan fingerprint density at radius 2 is 1.92 bits per heavy atom. The fraction of sp³-hybridized carbons (Fsp3) is 0.607. The summed E-state index contributed by atoms with van der Waals surface area (Å²) in [5, 5.41) is 7.05. The lowest BCUT2D eigenvalue weighted by atomic mass is 9.97. The normalized spacial score (nSPS) is 15.6. The second kappa shape index (κ2) is 13.4. The summed E-state index contributed by atoms with van der Waals surface area (Å²) in [5.41, 5.74) is 2.79. The lowest BCUT2D eigenvalue weighted by Gasteiger charge is -2.29. The maximum atomic E-state index is 13.1. The van der Waals surface area contributed by atoms with Crippen LogP contribution in [0.4, 0.5) is 0 Å². The Labute approximate surface area is 214 Å². The van der Waals surface area contributed by atoms with Crippen LogP contribution >= 0.6 is 0 Å². The number of likely N-dealkylation sites (tertiary alicyclic amines) is 1. The van der Waals surface area contributed by atoms with Gasteiger partial charge in [-0.2, -0.15) is 0 Å². The fourth-order valence-electron chi connectivity index (χ4n) is 4.92. The number of ether oxygens (including phenoxy) is 1. The molecule has 0 bridgehead atoms. The van der Waals surface area contributed by atoms with Crippen molar-refractivity contribution in [3.05, 3.63) is 29.5 Å². The predicted octanol–water partition coefficient (Wildman–Crippen LogP) is 3.51. The number of Topliss-reactive ketones (excluding diaryl/α,β-unsaturated/α-hetero) is 1. The van der Waals surface area contributed by atoms with Gasteiger partial charge >= 0.3 is 0 Å². The Kier molecular flexibility index (Phi) is 10.3. The van der Waals surface area contributed by atoms with Gasteiger partial charge < -0.3 is 30.0 Å². The monoisotopic (exact) mass is 498 g/mol. The molecule has 0 unspecified atom stereocenters. The van der Waals surface area contributed by atoms with Crippen LogP contribution in [0.1, 0.15) is 63.1 Å². The smallest absolute Gasteiger partial charge is 0.242 e. The average molecular weight is 499 g/mol. The van der Waals surface area contributed by atoms with Crippen LogP contribution in [0, 0.1) is 12.8 Å². The molecule has 0 saturated carbocycles. The van der Waals surface area contributed by atoms with Crippen LogP contribution in [0.5, 0.6) is 5.75 Å². The van der Waals surface area contributed by atoms with Crippen molar-refractivity contribution in [3.63, 3.8) is 0 Å². The highest BCUT2D eigenvalue weighted by molar-refractivity contribution is 5.93. The molecule has 2 amide bonds. The Balaban J connectivity index is 1.62. The number of amides is 2. The Morgan fingerprint density at radius 3 is 2.61 bits per heavy atom. The summed E-state index contributed by atoms with van der Waals surface area (Å²) in [5.74, 6) is 1.10. The van der Waals surface area contributed by atoms with Crippen LogP contribution in [0.2, 0.25) is 0 Å². The fourth-order valence-corrected chi connectivity index (χ4v) is 4.92. The molecule has 0 aliphatic carbocycles. The van der Waals surface area contributed by atoms with E-state index in [4.69, 9.17) is 4.74 Å². The van der Waals surface area contributed by atoms with E-state index in [1.165, 1.54) is 0 Å². The van der Waals surface area contributed by atoms with Gasteiger partial charge in [0.15, 0.2) is 0 Å². The molecule has 1 fully saturated rings. The third-order valence-corrected chi connectivity index (χ3v) is 7.24. The predicted molar refractivity (Wildman–Crippen MR) is 142 cm³/mol. The van der Waals surface area contributed by atoms with Gasteiger partial charge in [-0.1, -0.05) is 12.8 Å². The van der Waals surface area contributed by atoms with Crippen LogP contribution in [0.15, 0.2) is 18.2 Å². The molecule has 1 aromatic heterocycles.